The molecule has 46 heavy (non-hydrogen) atoms. The van der Waals surface area contributed by atoms with E-state index in [1.807, 2.05) is 0 Å². The Hall–Kier alpha value is -0.810. The minimum absolute atomic E-state index is 0. The predicted octanol–water partition coefficient (Wildman–Crippen LogP) is 4.54. The maximum atomic E-state index is 11.9. The third-order valence-electron chi connectivity index (χ3n) is 15.2. The van der Waals surface area contributed by atoms with E-state index >= 15 is 0 Å². The fourth-order valence-corrected chi connectivity index (χ4v) is 13.1. The van der Waals surface area contributed by atoms with Crippen molar-refractivity contribution in [2.45, 2.75) is 148 Å². The number of nitrogens with zero attached hydrogens (tertiary/aromatic N) is 1. The summed E-state index contributed by atoms with van der Waals surface area (Å²) in [6.45, 7) is 14.1. The molecule has 12 atom stereocenters. The van der Waals surface area contributed by atoms with Crippen LogP contribution in [0.15, 0.2) is 0 Å². The molecule has 7 aliphatic rings. The van der Waals surface area contributed by atoms with E-state index in [1.165, 1.54) is 45.4 Å². The second kappa shape index (κ2) is 11.6. The molecule has 2 spiro atoms. The zero-order valence-corrected chi connectivity index (χ0v) is 29.2. The van der Waals surface area contributed by atoms with Gasteiger partial charge in [0.15, 0.2) is 12.4 Å². The lowest BCUT2D eigenvalue weighted by atomic mass is 9.46. The Kier molecular flexibility index (Phi) is 8.51. The Morgan fingerprint density at radius 1 is 1.00 bits per heavy atom. The van der Waals surface area contributed by atoms with Crippen LogP contribution in [0.3, 0.4) is 0 Å². The molecule has 10 unspecified atom stereocenters. The molecule has 7 rings (SSSR count). The Morgan fingerprint density at radius 3 is 2.43 bits per heavy atom. The lowest BCUT2D eigenvalue weighted by Gasteiger charge is -2.60. The van der Waals surface area contributed by atoms with Crippen molar-refractivity contribution in [1.82, 2.24) is 4.90 Å². The van der Waals surface area contributed by atoms with Crippen molar-refractivity contribution in [3.8, 4) is 0 Å². The summed E-state index contributed by atoms with van der Waals surface area (Å²) in [5, 5.41) is 30.4. The molecule has 2 saturated heterocycles. The van der Waals surface area contributed by atoms with Gasteiger partial charge in [0.2, 0.25) is 0 Å². The predicted molar refractivity (Wildman–Crippen MR) is 174 cm³/mol. The van der Waals surface area contributed by atoms with Gasteiger partial charge in [0.05, 0.1) is 56.3 Å². The molecule has 5 saturated carbocycles. The number of hydrogen-bond acceptors (Lipinski definition) is 9. The number of fused-ring (bicyclic) bond motifs is 4. The summed E-state index contributed by atoms with van der Waals surface area (Å²) in [6, 6.07) is -0.260. The summed E-state index contributed by atoms with van der Waals surface area (Å²) in [4.78, 5) is 14.1. The van der Waals surface area contributed by atoms with Crippen LogP contribution in [0.1, 0.15) is 107 Å². The van der Waals surface area contributed by atoms with Gasteiger partial charge in [0, 0.05) is 14.9 Å². The van der Waals surface area contributed by atoms with Crippen molar-refractivity contribution in [1.29, 1.82) is 0 Å². The third kappa shape index (κ3) is 5.07. The van der Waals surface area contributed by atoms with Crippen LogP contribution in [0.2, 0.25) is 0 Å². The standard InChI is InChI=1S/C37H61NO8.H2/c1-22(41)44-32(34(4,5)42)27-9-7-25-28(45-27)17-26-24-8-10-29-33(2,3)30(46-31-18-38(15-16-43-31)23(19-39)20-40)11-12-37(29)21-36(24,37)14-13-35(25,26)6;/h23-32,39-40,42H,7-21H2,1-6H3;1H/t24?,25?,26?,27?,28?,29?,30-,31?,32-,35?,36?,37?;/m0./s1. The number of aliphatic hydroxyl groups is 3. The van der Waals surface area contributed by atoms with E-state index < -0.39 is 11.7 Å². The number of rotatable bonds is 8. The fourth-order valence-electron chi connectivity index (χ4n) is 13.1. The molecular formula is C37H63NO8. The van der Waals surface area contributed by atoms with Crippen LogP contribution in [-0.4, -0.2) is 101 Å². The SMILES string of the molecule is CC(=O)O[C@@H](C1CCC2C(CC3C4CCC5C(C)(C)[C@@H](OC6CN(C(CO)CO)CCO6)CCC56CC46CCC23C)O1)C(C)(C)O.[HH]. The topological polar surface area (TPSA) is 118 Å². The van der Waals surface area contributed by atoms with Crippen LogP contribution in [0.5, 0.6) is 0 Å². The second-order valence-electron chi connectivity index (χ2n) is 18.0. The summed E-state index contributed by atoms with van der Waals surface area (Å²) in [5.74, 6) is 2.21. The highest BCUT2D eigenvalue weighted by Crippen LogP contribution is 2.87. The molecular weight excluding hydrogens is 586 g/mol. The Bertz CT molecular complexity index is 1160. The van der Waals surface area contributed by atoms with Crippen LogP contribution in [0, 0.1) is 45.3 Å². The van der Waals surface area contributed by atoms with E-state index in [2.05, 4.69) is 25.7 Å². The van der Waals surface area contributed by atoms with Crippen molar-refractivity contribution in [3.05, 3.63) is 0 Å². The maximum Gasteiger partial charge on any atom is 0.303 e. The van der Waals surface area contributed by atoms with Crippen molar-refractivity contribution in [2.24, 2.45) is 45.3 Å². The highest BCUT2D eigenvalue weighted by atomic mass is 16.7. The molecule has 0 aromatic carbocycles. The first-order valence-electron chi connectivity index (χ1n) is 18.5. The summed E-state index contributed by atoms with van der Waals surface area (Å²) >= 11 is 0. The second-order valence-corrected chi connectivity index (χ2v) is 18.0. The van der Waals surface area contributed by atoms with Gasteiger partial charge in [-0.3, -0.25) is 9.69 Å². The minimum atomic E-state index is -1.15. The van der Waals surface area contributed by atoms with Gasteiger partial charge in [-0.25, -0.2) is 0 Å². The van der Waals surface area contributed by atoms with Gasteiger partial charge in [0.1, 0.15) is 0 Å². The van der Waals surface area contributed by atoms with E-state index in [0.29, 0.717) is 48.3 Å². The first kappa shape index (κ1) is 33.7. The van der Waals surface area contributed by atoms with Gasteiger partial charge < -0.3 is 34.3 Å². The zero-order chi connectivity index (χ0) is 32.9. The molecule has 0 radical (unpaired) electrons. The average molecular weight is 650 g/mol. The van der Waals surface area contributed by atoms with Gasteiger partial charge in [-0.15, -0.1) is 0 Å². The van der Waals surface area contributed by atoms with Gasteiger partial charge in [-0.05, 0) is 123 Å². The first-order chi connectivity index (χ1) is 21.7. The third-order valence-corrected chi connectivity index (χ3v) is 15.2. The average Bonchev–Trinajstić information content (AvgIpc) is 3.57. The fraction of sp³-hybridized carbons (Fsp3) is 0.973. The molecule has 0 aromatic rings. The largest absolute Gasteiger partial charge is 0.457 e. The normalized spacial score (nSPS) is 47.2. The molecule has 0 aromatic heterocycles. The molecule has 0 bridgehead atoms. The number of esters is 1. The summed E-state index contributed by atoms with van der Waals surface area (Å²) in [7, 11) is 0. The van der Waals surface area contributed by atoms with Crippen LogP contribution in [-0.2, 0) is 23.7 Å². The summed E-state index contributed by atoms with van der Waals surface area (Å²) in [6.07, 6.45) is 10.9. The van der Waals surface area contributed by atoms with Gasteiger partial charge in [-0.1, -0.05) is 20.8 Å². The van der Waals surface area contributed by atoms with Crippen LogP contribution >= 0.6 is 0 Å². The number of aliphatic hydroxyl groups excluding tert-OH is 2. The van der Waals surface area contributed by atoms with Gasteiger partial charge >= 0.3 is 5.97 Å². The molecule has 2 aliphatic heterocycles. The lowest BCUT2D eigenvalue weighted by molar-refractivity contribution is -0.249. The quantitative estimate of drug-likeness (QED) is 0.326. The molecule has 7 fully saturated rings. The van der Waals surface area contributed by atoms with E-state index in [-0.39, 0.29) is 62.1 Å². The van der Waals surface area contributed by atoms with Crippen LogP contribution < -0.4 is 0 Å². The summed E-state index contributed by atoms with van der Waals surface area (Å²) < 4.78 is 25.4. The molecule has 264 valence electrons. The molecule has 9 heteroatoms. The number of carbonyl (C=O) groups is 1. The monoisotopic (exact) mass is 649 g/mol. The Labute approximate surface area is 277 Å². The van der Waals surface area contributed by atoms with Crippen molar-refractivity contribution in [2.75, 3.05) is 32.9 Å². The summed E-state index contributed by atoms with van der Waals surface area (Å²) in [5.41, 5.74) is 0.0399. The smallest absolute Gasteiger partial charge is 0.303 e. The number of carbonyl (C=O) groups excluding carboxylic acids is 1. The van der Waals surface area contributed by atoms with E-state index in [1.54, 1.807) is 13.8 Å². The van der Waals surface area contributed by atoms with Crippen molar-refractivity contribution in [3.63, 3.8) is 0 Å². The molecule has 0 amide bonds. The van der Waals surface area contributed by atoms with Crippen LogP contribution in [0.25, 0.3) is 0 Å². The van der Waals surface area contributed by atoms with Gasteiger partial charge in [-0.2, -0.15) is 0 Å². The zero-order valence-electron chi connectivity index (χ0n) is 29.2. The van der Waals surface area contributed by atoms with Gasteiger partial charge in [0.25, 0.3) is 0 Å². The van der Waals surface area contributed by atoms with E-state index in [9.17, 15) is 20.1 Å². The first-order valence-corrected chi connectivity index (χ1v) is 18.5. The lowest BCUT2D eigenvalue weighted by Crippen LogP contribution is -2.57. The Morgan fingerprint density at radius 2 is 1.74 bits per heavy atom. The van der Waals surface area contributed by atoms with Crippen molar-refractivity contribution < 1.29 is 40.5 Å². The van der Waals surface area contributed by atoms with E-state index in [4.69, 9.17) is 18.9 Å². The number of ether oxygens (including phenoxy) is 4. The Balaban J connectivity index is 0.00000386. The highest BCUT2D eigenvalue weighted by molar-refractivity contribution is 5.66. The molecule has 3 N–H and O–H groups in total. The number of morpholine rings is 1. The molecule has 9 nitrogen and oxygen atoms in total. The molecule has 5 aliphatic carbocycles. The number of hydrogen-bond donors (Lipinski definition) is 3. The maximum absolute atomic E-state index is 11.9. The van der Waals surface area contributed by atoms with Crippen LogP contribution in [0.4, 0.5) is 0 Å². The molecule has 2 heterocycles. The minimum Gasteiger partial charge on any atom is -0.457 e. The highest BCUT2D eigenvalue weighted by Gasteiger charge is 2.80. The van der Waals surface area contributed by atoms with Crippen molar-refractivity contribution >= 4 is 5.97 Å². The van der Waals surface area contributed by atoms with E-state index in [0.717, 1.165) is 31.6 Å².